The number of amides is 2. The SMILES string of the molecule is CNC(=O)c1ccc(Nc2nc(OC3CCCC3)c3c(-c4ccc(NC(C)=O)c(O)c4)c[nH]c3n2)c(OC)c1. The molecule has 0 bridgehead atoms. The standard InChI is InChI=1S/C28H30N6O5/c1-15(35)31-20-10-8-16(12-22(20)36)19-14-30-25-24(19)27(39-18-6-4-5-7-18)34-28(33-25)32-21-11-9-17(26(37)29-2)13-23(21)38-3/h8-14,18,36H,4-7H2,1-3H3,(H,29,37)(H,31,35)(H2,30,32,33,34). The average Bonchev–Trinajstić information content (AvgIpc) is 3.59. The van der Waals surface area contributed by atoms with Crippen LogP contribution in [0.25, 0.3) is 22.2 Å². The number of rotatable bonds is 8. The Morgan fingerprint density at radius 2 is 1.85 bits per heavy atom. The van der Waals surface area contributed by atoms with Crippen LogP contribution in [0.3, 0.4) is 0 Å². The molecule has 1 aliphatic carbocycles. The fraction of sp³-hybridized carbons (Fsp3) is 0.286. The van der Waals surface area contributed by atoms with Gasteiger partial charge in [-0.25, -0.2) is 0 Å². The number of aromatic nitrogens is 3. The highest BCUT2D eigenvalue weighted by Gasteiger charge is 2.23. The van der Waals surface area contributed by atoms with E-state index in [1.807, 2.05) is 0 Å². The minimum Gasteiger partial charge on any atom is -0.506 e. The van der Waals surface area contributed by atoms with Crippen molar-refractivity contribution >= 4 is 40.2 Å². The number of aromatic hydroxyl groups is 1. The van der Waals surface area contributed by atoms with E-state index in [1.54, 1.807) is 49.6 Å². The van der Waals surface area contributed by atoms with Gasteiger partial charge in [0.1, 0.15) is 23.3 Å². The van der Waals surface area contributed by atoms with Crippen LogP contribution in [0.2, 0.25) is 0 Å². The molecule has 0 saturated heterocycles. The van der Waals surface area contributed by atoms with Crippen molar-refractivity contribution in [1.82, 2.24) is 20.3 Å². The molecule has 0 unspecified atom stereocenters. The van der Waals surface area contributed by atoms with E-state index in [4.69, 9.17) is 14.5 Å². The summed E-state index contributed by atoms with van der Waals surface area (Å²) in [5, 5.41) is 19.6. The number of aromatic amines is 1. The molecule has 5 rings (SSSR count). The van der Waals surface area contributed by atoms with E-state index in [-0.39, 0.29) is 23.7 Å². The number of phenolic OH excluding ortho intramolecular Hbond substituents is 1. The predicted octanol–water partition coefficient (Wildman–Crippen LogP) is 4.72. The van der Waals surface area contributed by atoms with E-state index in [1.165, 1.54) is 14.0 Å². The monoisotopic (exact) mass is 530 g/mol. The summed E-state index contributed by atoms with van der Waals surface area (Å²) in [6.07, 6.45) is 5.89. The molecule has 2 heterocycles. The maximum atomic E-state index is 12.0. The van der Waals surface area contributed by atoms with Gasteiger partial charge in [-0.1, -0.05) is 6.07 Å². The molecule has 0 radical (unpaired) electrons. The fourth-order valence-electron chi connectivity index (χ4n) is 4.73. The van der Waals surface area contributed by atoms with Gasteiger partial charge in [0.05, 0.1) is 23.9 Å². The number of H-pyrrole nitrogens is 1. The van der Waals surface area contributed by atoms with Crippen LogP contribution in [-0.2, 0) is 4.79 Å². The Morgan fingerprint density at radius 1 is 1.08 bits per heavy atom. The molecule has 39 heavy (non-hydrogen) atoms. The second kappa shape index (κ2) is 10.9. The molecule has 5 N–H and O–H groups in total. The first kappa shape index (κ1) is 25.8. The quantitative estimate of drug-likeness (QED) is 0.205. The Kier molecular flexibility index (Phi) is 7.22. The minimum atomic E-state index is -0.272. The zero-order valence-corrected chi connectivity index (χ0v) is 21.9. The first-order valence-corrected chi connectivity index (χ1v) is 12.7. The fourth-order valence-corrected chi connectivity index (χ4v) is 4.73. The normalized spacial score (nSPS) is 13.3. The van der Waals surface area contributed by atoms with Crippen molar-refractivity contribution in [3.05, 3.63) is 48.2 Å². The number of hydrogen-bond acceptors (Lipinski definition) is 8. The number of carbonyl (C=O) groups is 2. The van der Waals surface area contributed by atoms with Crippen molar-refractivity contribution in [1.29, 1.82) is 0 Å². The Bertz CT molecular complexity index is 1540. The molecule has 2 amide bonds. The Hall–Kier alpha value is -4.80. The number of benzene rings is 2. The predicted molar refractivity (Wildman–Crippen MR) is 148 cm³/mol. The molecule has 1 aliphatic rings. The van der Waals surface area contributed by atoms with Gasteiger partial charge < -0.3 is 35.5 Å². The molecule has 1 saturated carbocycles. The van der Waals surface area contributed by atoms with Crippen molar-refractivity contribution in [2.24, 2.45) is 0 Å². The molecule has 0 atom stereocenters. The first-order chi connectivity index (χ1) is 18.9. The molecule has 0 aliphatic heterocycles. The summed E-state index contributed by atoms with van der Waals surface area (Å²) in [5.41, 5.74) is 3.38. The molecular weight excluding hydrogens is 500 g/mol. The number of ether oxygens (including phenoxy) is 2. The van der Waals surface area contributed by atoms with Gasteiger partial charge in [0.2, 0.25) is 17.7 Å². The number of nitrogens with one attached hydrogen (secondary N) is 4. The van der Waals surface area contributed by atoms with Crippen molar-refractivity contribution < 1.29 is 24.2 Å². The van der Waals surface area contributed by atoms with Gasteiger partial charge in [-0.05, 0) is 61.6 Å². The molecule has 1 fully saturated rings. The Morgan fingerprint density at radius 3 is 2.54 bits per heavy atom. The largest absolute Gasteiger partial charge is 0.506 e. The molecule has 11 heteroatoms. The zero-order chi connectivity index (χ0) is 27.5. The van der Waals surface area contributed by atoms with E-state index >= 15 is 0 Å². The van der Waals surface area contributed by atoms with Crippen LogP contribution in [0.5, 0.6) is 17.4 Å². The van der Waals surface area contributed by atoms with Crippen molar-refractivity contribution in [3.8, 4) is 28.5 Å². The molecule has 2 aromatic carbocycles. The smallest absolute Gasteiger partial charge is 0.251 e. The highest BCUT2D eigenvalue weighted by atomic mass is 16.5. The summed E-state index contributed by atoms with van der Waals surface area (Å²) < 4.78 is 11.9. The summed E-state index contributed by atoms with van der Waals surface area (Å²) in [5.74, 6) is 0.614. The van der Waals surface area contributed by atoms with Crippen LogP contribution in [-0.4, -0.2) is 52.1 Å². The third-order valence-electron chi connectivity index (χ3n) is 6.64. The van der Waals surface area contributed by atoms with Gasteiger partial charge in [0, 0.05) is 31.3 Å². The van der Waals surface area contributed by atoms with Crippen molar-refractivity contribution in [3.63, 3.8) is 0 Å². The minimum absolute atomic E-state index is 0.0376. The maximum Gasteiger partial charge on any atom is 0.251 e. The Labute approximate surface area is 225 Å². The van der Waals surface area contributed by atoms with E-state index < -0.39 is 0 Å². The van der Waals surface area contributed by atoms with Crippen LogP contribution in [0, 0.1) is 0 Å². The van der Waals surface area contributed by atoms with Crippen LogP contribution in [0.15, 0.2) is 42.6 Å². The van der Waals surface area contributed by atoms with Crippen LogP contribution in [0.4, 0.5) is 17.3 Å². The third-order valence-corrected chi connectivity index (χ3v) is 6.64. The average molecular weight is 531 g/mol. The van der Waals surface area contributed by atoms with Gasteiger partial charge in [-0.15, -0.1) is 0 Å². The molecular formula is C28H30N6O5. The van der Waals surface area contributed by atoms with E-state index in [0.717, 1.165) is 31.2 Å². The summed E-state index contributed by atoms with van der Waals surface area (Å²) in [4.78, 5) is 36.1. The number of phenols is 1. The number of hydrogen-bond donors (Lipinski definition) is 5. The number of methoxy groups -OCH3 is 1. The van der Waals surface area contributed by atoms with Crippen molar-refractivity contribution in [2.45, 2.75) is 38.7 Å². The second-order valence-corrected chi connectivity index (χ2v) is 9.33. The van der Waals surface area contributed by atoms with Gasteiger partial charge >= 0.3 is 0 Å². The van der Waals surface area contributed by atoms with Crippen LogP contribution < -0.4 is 25.4 Å². The summed E-state index contributed by atoms with van der Waals surface area (Å²) >= 11 is 0. The molecule has 4 aromatic rings. The summed E-state index contributed by atoms with van der Waals surface area (Å²) in [7, 11) is 3.09. The topological polar surface area (TPSA) is 150 Å². The molecule has 202 valence electrons. The highest BCUT2D eigenvalue weighted by Crippen LogP contribution is 2.39. The highest BCUT2D eigenvalue weighted by molar-refractivity contribution is 5.99. The third kappa shape index (κ3) is 5.42. The van der Waals surface area contributed by atoms with E-state index in [9.17, 15) is 14.7 Å². The van der Waals surface area contributed by atoms with Gasteiger partial charge in [-0.3, -0.25) is 9.59 Å². The number of nitrogens with zero attached hydrogens (tertiary/aromatic N) is 2. The number of carbonyl (C=O) groups excluding carboxylic acids is 2. The molecule has 0 spiro atoms. The van der Waals surface area contributed by atoms with E-state index in [2.05, 4.69) is 25.9 Å². The number of fused-ring (bicyclic) bond motifs is 1. The maximum absolute atomic E-state index is 12.0. The van der Waals surface area contributed by atoms with Crippen LogP contribution >= 0.6 is 0 Å². The van der Waals surface area contributed by atoms with E-state index in [0.29, 0.717) is 51.1 Å². The van der Waals surface area contributed by atoms with Gasteiger partial charge in [0.15, 0.2) is 0 Å². The first-order valence-electron chi connectivity index (χ1n) is 12.7. The van der Waals surface area contributed by atoms with Crippen LogP contribution in [0.1, 0.15) is 43.0 Å². The number of anilines is 3. The lowest BCUT2D eigenvalue weighted by atomic mass is 10.1. The summed E-state index contributed by atoms with van der Waals surface area (Å²) in [6.45, 7) is 1.38. The molecule has 11 nitrogen and oxygen atoms in total. The van der Waals surface area contributed by atoms with Gasteiger partial charge in [0.25, 0.3) is 5.91 Å². The Balaban J connectivity index is 1.55. The lowest BCUT2D eigenvalue weighted by molar-refractivity contribution is -0.114. The zero-order valence-electron chi connectivity index (χ0n) is 21.9. The lowest BCUT2D eigenvalue weighted by Crippen LogP contribution is -2.17. The van der Waals surface area contributed by atoms with Crippen molar-refractivity contribution in [2.75, 3.05) is 24.8 Å². The molecule has 2 aromatic heterocycles. The second-order valence-electron chi connectivity index (χ2n) is 9.33. The summed E-state index contributed by atoms with van der Waals surface area (Å²) in [6, 6.07) is 10.1. The lowest BCUT2D eigenvalue weighted by Gasteiger charge is -2.16. The van der Waals surface area contributed by atoms with Gasteiger partial charge in [-0.2, -0.15) is 9.97 Å².